The number of aryl methyl sites for hydroxylation is 1. The van der Waals surface area contributed by atoms with Crippen molar-refractivity contribution in [3.8, 4) is 11.8 Å². The van der Waals surface area contributed by atoms with E-state index in [1.54, 1.807) is 6.20 Å². The zero-order chi connectivity index (χ0) is 14.1. The smallest absolute Gasteiger partial charge is 0.131 e. The molecule has 0 saturated heterocycles. The van der Waals surface area contributed by atoms with Crippen molar-refractivity contribution < 1.29 is 0 Å². The van der Waals surface area contributed by atoms with Crippen molar-refractivity contribution in [1.29, 1.82) is 0 Å². The Hall–Kier alpha value is -2.08. The van der Waals surface area contributed by atoms with Gasteiger partial charge in [-0.3, -0.25) is 4.98 Å². The van der Waals surface area contributed by atoms with Gasteiger partial charge in [0.15, 0.2) is 0 Å². The van der Waals surface area contributed by atoms with Crippen LogP contribution in [0.2, 0.25) is 0 Å². The van der Waals surface area contributed by atoms with Gasteiger partial charge in [-0.25, -0.2) is 4.98 Å². The van der Waals surface area contributed by atoms with Gasteiger partial charge in [-0.2, -0.15) is 0 Å². The molecule has 0 aromatic carbocycles. The van der Waals surface area contributed by atoms with Crippen molar-refractivity contribution in [2.45, 2.75) is 45.6 Å². The molecule has 0 aliphatic heterocycles. The molecule has 1 fully saturated rings. The van der Waals surface area contributed by atoms with Crippen LogP contribution >= 0.6 is 0 Å². The number of aromatic nitrogens is 3. The maximum Gasteiger partial charge on any atom is 0.131 e. The molecule has 2 heterocycles. The summed E-state index contributed by atoms with van der Waals surface area (Å²) in [4.78, 5) is 8.88. The Morgan fingerprint density at radius 3 is 2.75 bits per heavy atom. The predicted molar refractivity (Wildman–Crippen MR) is 79.5 cm³/mol. The molecule has 1 saturated carbocycles. The maximum absolute atomic E-state index is 4.70. The minimum Gasteiger partial charge on any atom is -0.331 e. The first-order chi connectivity index (χ1) is 9.63. The average molecular weight is 265 g/mol. The SMILES string of the molecule is Cc1cc(C#Cc2cn(C(C)C)c(C3CC3)n2)ccn1. The van der Waals surface area contributed by atoms with E-state index in [1.165, 1.54) is 18.7 Å². The highest BCUT2D eigenvalue weighted by molar-refractivity contribution is 5.40. The summed E-state index contributed by atoms with van der Waals surface area (Å²) in [5.41, 5.74) is 2.85. The van der Waals surface area contributed by atoms with Crippen LogP contribution in [0.25, 0.3) is 0 Å². The van der Waals surface area contributed by atoms with Gasteiger partial charge >= 0.3 is 0 Å². The van der Waals surface area contributed by atoms with Gasteiger partial charge in [0, 0.05) is 35.6 Å². The molecule has 20 heavy (non-hydrogen) atoms. The topological polar surface area (TPSA) is 30.7 Å². The van der Waals surface area contributed by atoms with E-state index in [0.717, 1.165) is 17.0 Å². The Bertz CT molecular complexity index is 662. The second-order valence-corrected chi connectivity index (χ2v) is 5.70. The van der Waals surface area contributed by atoms with Gasteiger partial charge in [0.05, 0.1) is 0 Å². The van der Waals surface area contributed by atoms with Crippen LogP contribution in [0.3, 0.4) is 0 Å². The van der Waals surface area contributed by atoms with E-state index in [2.05, 4.69) is 41.4 Å². The third-order valence-electron chi connectivity index (χ3n) is 3.49. The number of hydrogen-bond acceptors (Lipinski definition) is 2. The fourth-order valence-electron chi connectivity index (χ4n) is 2.28. The van der Waals surface area contributed by atoms with Crippen LogP contribution in [0.5, 0.6) is 0 Å². The molecular formula is C17H19N3. The molecule has 0 N–H and O–H groups in total. The third-order valence-corrected chi connectivity index (χ3v) is 3.49. The molecule has 3 heteroatoms. The van der Waals surface area contributed by atoms with E-state index in [4.69, 9.17) is 4.98 Å². The van der Waals surface area contributed by atoms with Gasteiger partial charge in [-0.15, -0.1) is 0 Å². The quantitative estimate of drug-likeness (QED) is 0.779. The van der Waals surface area contributed by atoms with Gasteiger partial charge in [0.25, 0.3) is 0 Å². The molecule has 1 aliphatic rings. The fraction of sp³-hybridized carbons (Fsp3) is 0.412. The summed E-state index contributed by atoms with van der Waals surface area (Å²) in [6.07, 6.45) is 6.40. The first kappa shape index (κ1) is 12.9. The van der Waals surface area contributed by atoms with Crippen molar-refractivity contribution >= 4 is 0 Å². The third kappa shape index (κ3) is 2.75. The molecule has 3 rings (SSSR count). The second kappa shape index (κ2) is 5.13. The average Bonchev–Trinajstić information content (AvgIpc) is 3.16. The summed E-state index contributed by atoms with van der Waals surface area (Å²) in [5.74, 6) is 8.20. The summed E-state index contributed by atoms with van der Waals surface area (Å²) >= 11 is 0. The van der Waals surface area contributed by atoms with Crippen LogP contribution in [0.4, 0.5) is 0 Å². The number of hydrogen-bond donors (Lipinski definition) is 0. The van der Waals surface area contributed by atoms with Crippen molar-refractivity contribution in [2.24, 2.45) is 0 Å². The summed E-state index contributed by atoms with van der Waals surface area (Å²) in [7, 11) is 0. The molecule has 0 spiro atoms. The van der Waals surface area contributed by atoms with Crippen molar-refractivity contribution in [3.05, 3.63) is 47.3 Å². The minimum absolute atomic E-state index is 0.441. The summed E-state index contributed by atoms with van der Waals surface area (Å²) in [5, 5.41) is 0. The Balaban J connectivity index is 1.90. The molecule has 1 aliphatic carbocycles. The van der Waals surface area contributed by atoms with Crippen LogP contribution in [0.1, 0.15) is 61.4 Å². The Kier molecular flexibility index (Phi) is 3.31. The molecule has 0 radical (unpaired) electrons. The van der Waals surface area contributed by atoms with E-state index in [1.807, 2.05) is 19.1 Å². The zero-order valence-corrected chi connectivity index (χ0v) is 12.2. The van der Waals surface area contributed by atoms with Crippen LogP contribution in [0.15, 0.2) is 24.5 Å². The summed E-state index contributed by atoms with van der Waals surface area (Å²) < 4.78 is 2.26. The number of nitrogens with zero attached hydrogens (tertiary/aromatic N) is 3. The standard InChI is InChI=1S/C17H19N3/c1-12(2)20-11-16(19-17(20)15-5-6-15)7-4-14-8-9-18-13(3)10-14/h8-12,15H,5-6H2,1-3H3. The number of rotatable bonds is 2. The van der Waals surface area contributed by atoms with Gasteiger partial charge in [-0.05, 0) is 51.7 Å². The zero-order valence-electron chi connectivity index (χ0n) is 12.2. The van der Waals surface area contributed by atoms with Crippen LogP contribution in [-0.2, 0) is 0 Å². The van der Waals surface area contributed by atoms with Crippen molar-refractivity contribution in [1.82, 2.24) is 14.5 Å². The van der Waals surface area contributed by atoms with Gasteiger partial charge in [-0.1, -0.05) is 5.92 Å². The lowest BCUT2D eigenvalue weighted by atomic mass is 10.2. The monoisotopic (exact) mass is 265 g/mol. The highest BCUT2D eigenvalue weighted by Gasteiger charge is 2.29. The van der Waals surface area contributed by atoms with Crippen molar-refractivity contribution in [2.75, 3.05) is 0 Å². The first-order valence-corrected chi connectivity index (χ1v) is 7.17. The molecule has 3 nitrogen and oxygen atoms in total. The fourth-order valence-corrected chi connectivity index (χ4v) is 2.28. The lowest BCUT2D eigenvalue weighted by molar-refractivity contribution is 0.569. The Morgan fingerprint density at radius 1 is 1.30 bits per heavy atom. The molecule has 2 aromatic rings. The highest BCUT2D eigenvalue weighted by atomic mass is 15.1. The minimum atomic E-state index is 0.441. The van der Waals surface area contributed by atoms with E-state index in [-0.39, 0.29) is 0 Å². The van der Waals surface area contributed by atoms with Gasteiger partial charge in [0.2, 0.25) is 0 Å². The second-order valence-electron chi connectivity index (χ2n) is 5.70. The molecular weight excluding hydrogens is 246 g/mol. The maximum atomic E-state index is 4.70. The van der Waals surface area contributed by atoms with E-state index >= 15 is 0 Å². The lowest BCUT2D eigenvalue weighted by Gasteiger charge is -2.09. The molecule has 0 amide bonds. The van der Waals surface area contributed by atoms with Gasteiger partial charge < -0.3 is 4.57 Å². The molecule has 2 aromatic heterocycles. The van der Waals surface area contributed by atoms with E-state index < -0.39 is 0 Å². The highest BCUT2D eigenvalue weighted by Crippen LogP contribution is 2.40. The summed E-state index contributed by atoms with van der Waals surface area (Å²) in [6.45, 7) is 6.36. The van der Waals surface area contributed by atoms with E-state index in [0.29, 0.717) is 12.0 Å². The molecule has 0 unspecified atom stereocenters. The Labute approximate surface area is 120 Å². The normalized spacial score (nSPS) is 14.2. The van der Waals surface area contributed by atoms with Gasteiger partial charge in [0.1, 0.15) is 11.5 Å². The molecule has 0 atom stereocenters. The predicted octanol–water partition coefficient (Wildman–Crippen LogP) is 3.44. The Morgan fingerprint density at radius 2 is 2.10 bits per heavy atom. The van der Waals surface area contributed by atoms with E-state index in [9.17, 15) is 0 Å². The van der Waals surface area contributed by atoms with Crippen molar-refractivity contribution in [3.63, 3.8) is 0 Å². The number of imidazole rings is 1. The van der Waals surface area contributed by atoms with Crippen LogP contribution < -0.4 is 0 Å². The van der Waals surface area contributed by atoms with Crippen LogP contribution in [0, 0.1) is 18.8 Å². The number of pyridine rings is 1. The largest absolute Gasteiger partial charge is 0.331 e. The summed E-state index contributed by atoms with van der Waals surface area (Å²) in [6, 6.07) is 4.37. The lowest BCUT2D eigenvalue weighted by Crippen LogP contribution is -2.03. The molecule has 102 valence electrons. The molecule has 0 bridgehead atoms. The first-order valence-electron chi connectivity index (χ1n) is 7.17. The van der Waals surface area contributed by atoms with Crippen LogP contribution in [-0.4, -0.2) is 14.5 Å².